The highest BCUT2D eigenvalue weighted by Crippen LogP contribution is 2.24. The zero-order chi connectivity index (χ0) is 20.9. The number of hydrazone groups is 1. The predicted octanol–water partition coefficient (Wildman–Crippen LogP) is 3.54. The Labute approximate surface area is 172 Å². The van der Waals surface area contributed by atoms with Crippen LogP contribution in [0.25, 0.3) is 0 Å². The molecule has 0 aliphatic carbocycles. The number of nitrogens with zero attached hydrogens (tertiary/aromatic N) is 2. The van der Waals surface area contributed by atoms with Crippen molar-refractivity contribution in [2.24, 2.45) is 5.10 Å². The van der Waals surface area contributed by atoms with Gasteiger partial charge in [-0.15, -0.1) is 11.3 Å². The van der Waals surface area contributed by atoms with Crippen LogP contribution in [0, 0.1) is 12.7 Å². The third-order valence-electron chi connectivity index (χ3n) is 3.94. The summed E-state index contributed by atoms with van der Waals surface area (Å²) in [6.07, 6.45) is 1.48. The first-order valence-corrected chi connectivity index (χ1v) is 10.9. The molecule has 1 N–H and O–H groups in total. The number of aryl methyl sites for hydroxylation is 1. The summed E-state index contributed by atoms with van der Waals surface area (Å²) < 4.78 is 40.4. The van der Waals surface area contributed by atoms with Gasteiger partial charge in [0.05, 0.1) is 16.8 Å². The number of benzene rings is 2. The normalized spacial score (nSPS) is 11.5. The minimum atomic E-state index is -4.09. The molecule has 0 unspecified atom stereocenters. The molecule has 0 radical (unpaired) electrons. The number of hydrogen-bond acceptors (Lipinski definition) is 5. The van der Waals surface area contributed by atoms with E-state index in [1.807, 2.05) is 24.4 Å². The Hall–Kier alpha value is -3.04. The first-order valence-electron chi connectivity index (χ1n) is 8.56. The van der Waals surface area contributed by atoms with Crippen LogP contribution in [0.2, 0.25) is 0 Å². The largest absolute Gasteiger partial charge is 0.271 e. The molecule has 150 valence electrons. The van der Waals surface area contributed by atoms with Crippen LogP contribution in [0.1, 0.15) is 10.4 Å². The van der Waals surface area contributed by atoms with Gasteiger partial charge in [0, 0.05) is 4.88 Å². The summed E-state index contributed by atoms with van der Waals surface area (Å²) in [6.45, 7) is 1.39. The molecule has 9 heteroatoms. The van der Waals surface area contributed by atoms with Gasteiger partial charge >= 0.3 is 0 Å². The second-order valence-electron chi connectivity index (χ2n) is 6.11. The molecule has 0 aliphatic heterocycles. The van der Waals surface area contributed by atoms with Crippen molar-refractivity contribution < 1.29 is 17.6 Å². The molecule has 0 aliphatic rings. The molecular weight excluding hydrogens is 413 g/mol. The van der Waals surface area contributed by atoms with E-state index in [2.05, 4.69) is 10.5 Å². The Balaban J connectivity index is 1.85. The summed E-state index contributed by atoms with van der Waals surface area (Å²) in [5, 5.41) is 5.73. The van der Waals surface area contributed by atoms with E-state index in [1.165, 1.54) is 29.7 Å². The molecule has 3 aromatic rings. The number of sulfonamides is 1. The molecule has 29 heavy (non-hydrogen) atoms. The zero-order valence-electron chi connectivity index (χ0n) is 15.4. The summed E-state index contributed by atoms with van der Waals surface area (Å²) in [6, 6.07) is 14.8. The molecule has 3 rings (SSSR count). The molecule has 0 bridgehead atoms. The fraction of sp³-hybridized carbons (Fsp3) is 0.100. The maximum atomic E-state index is 13.2. The molecule has 6 nitrogen and oxygen atoms in total. The van der Waals surface area contributed by atoms with Gasteiger partial charge in [-0.2, -0.15) is 5.10 Å². The van der Waals surface area contributed by atoms with Gasteiger partial charge in [-0.1, -0.05) is 23.8 Å². The van der Waals surface area contributed by atoms with Crippen LogP contribution in [0.3, 0.4) is 0 Å². The smallest absolute Gasteiger partial charge is 0.264 e. The molecule has 0 saturated carbocycles. The van der Waals surface area contributed by atoms with Gasteiger partial charge in [0.25, 0.3) is 15.9 Å². The summed E-state index contributed by atoms with van der Waals surface area (Å²) in [5.41, 5.74) is 3.60. The van der Waals surface area contributed by atoms with Crippen LogP contribution in [-0.4, -0.2) is 27.1 Å². The van der Waals surface area contributed by atoms with Crippen LogP contribution < -0.4 is 9.73 Å². The Bertz CT molecular complexity index is 1090. The minimum absolute atomic E-state index is 0.116. The topological polar surface area (TPSA) is 78.8 Å². The van der Waals surface area contributed by atoms with E-state index in [9.17, 15) is 17.6 Å². The van der Waals surface area contributed by atoms with E-state index in [1.54, 1.807) is 24.3 Å². The van der Waals surface area contributed by atoms with E-state index in [-0.39, 0.29) is 4.90 Å². The van der Waals surface area contributed by atoms with E-state index in [0.717, 1.165) is 26.9 Å². The van der Waals surface area contributed by atoms with Crippen LogP contribution in [0.5, 0.6) is 0 Å². The lowest BCUT2D eigenvalue weighted by Crippen LogP contribution is -2.39. The second kappa shape index (κ2) is 8.97. The van der Waals surface area contributed by atoms with Gasteiger partial charge in [-0.3, -0.25) is 9.10 Å². The molecule has 1 heterocycles. The highest BCUT2D eigenvalue weighted by Gasteiger charge is 2.27. The zero-order valence-corrected chi connectivity index (χ0v) is 17.1. The monoisotopic (exact) mass is 431 g/mol. The lowest BCUT2D eigenvalue weighted by Gasteiger charge is -2.23. The number of rotatable bonds is 7. The van der Waals surface area contributed by atoms with Crippen molar-refractivity contribution in [3.63, 3.8) is 0 Å². The maximum absolute atomic E-state index is 13.2. The second-order valence-corrected chi connectivity index (χ2v) is 8.95. The first-order chi connectivity index (χ1) is 13.9. The lowest BCUT2D eigenvalue weighted by molar-refractivity contribution is -0.119. The molecular formula is C20H18FN3O3S2. The summed E-state index contributed by atoms with van der Waals surface area (Å²) in [5.74, 6) is -1.16. The average Bonchev–Trinajstić information content (AvgIpc) is 3.21. The number of carbonyl (C=O) groups excluding carboxylic acids is 1. The van der Waals surface area contributed by atoms with Crippen LogP contribution in [-0.2, 0) is 14.8 Å². The number of nitrogens with one attached hydrogen (secondary N) is 1. The number of carbonyl (C=O) groups is 1. The third kappa shape index (κ3) is 5.27. The highest BCUT2D eigenvalue weighted by molar-refractivity contribution is 7.92. The fourth-order valence-electron chi connectivity index (χ4n) is 2.46. The molecule has 0 fully saturated rings. The van der Waals surface area contributed by atoms with Gasteiger partial charge in [0.2, 0.25) is 0 Å². The van der Waals surface area contributed by atoms with Gasteiger partial charge in [0.1, 0.15) is 12.4 Å². The van der Waals surface area contributed by atoms with E-state index in [4.69, 9.17) is 0 Å². The lowest BCUT2D eigenvalue weighted by atomic mass is 10.2. The van der Waals surface area contributed by atoms with E-state index < -0.39 is 28.3 Å². The summed E-state index contributed by atoms with van der Waals surface area (Å²) >= 11 is 1.45. The Morgan fingerprint density at radius 3 is 2.45 bits per heavy atom. The average molecular weight is 432 g/mol. The predicted molar refractivity (Wildman–Crippen MR) is 112 cm³/mol. The molecule has 2 aromatic carbocycles. The van der Waals surface area contributed by atoms with Gasteiger partial charge in [-0.05, 0) is 54.8 Å². The van der Waals surface area contributed by atoms with Crippen molar-refractivity contribution in [1.82, 2.24) is 5.43 Å². The van der Waals surface area contributed by atoms with E-state index >= 15 is 0 Å². The van der Waals surface area contributed by atoms with Crippen molar-refractivity contribution in [3.8, 4) is 0 Å². The molecule has 0 atom stereocenters. The maximum Gasteiger partial charge on any atom is 0.264 e. The number of anilines is 1. The van der Waals surface area contributed by atoms with Crippen LogP contribution in [0.15, 0.2) is 76.0 Å². The van der Waals surface area contributed by atoms with Crippen molar-refractivity contribution in [2.75, 3.05) is 10.8 Å². The molecule has 1 aromatic heterocycles. The van der Waals surface area contributed by atoms with E-state index in [0.29, 0.717) is 5.69 Å². The van der Waals surface area contributed by atoms with Crippen LogP contribution >= 0.6 is 11.3 Å². The van der Waals surface area contributed by atoms with Gasteiger partial charge in [0.15, 0.2) is 0 Å². The molecule has 0 saturated heterocycles. The third-order valence-corrected chi connectivity index (χ3v) is 6.53. The van der Waals surface area contributed by atoms with Gasteiger partial charge in [-0.25, -0.2) is 18.2 Å². The number of amides is 1. The van der Waals surface area contributed by atoms with Crippen molar-refractivity contribution in [3.05, 3.63) is 82.3 Å². The SMILES string of the molecule is Cc1ccc(N(CC(=O)NN=Cc2cccs2)S(=O)(=O)c2ccc(F)cc2)cc1. The number of hydrogen-bond donors (Lipinski definition) is 1. The fourth-order valence-corrected chi connectivity index (χ4v) is 4.46. The Kier molecular flexibility index (Phi) is 6.40. The van der Waals surface area contributed by atoms with Gasteiger partial charge < -0.3 is 0 Å². The molecule has 1 amide bonds. The summed E-state index contributed by atoms with van der Waals surface area (Å²) in [4.78, 5) is 13.1. The first kappa shape index (κ1) is 20.7. The highest BCUT2D eigenvalue weighted by atomic mass is 32.2. The van der Waals surface area contributed by atoms with Crippen molar-refractivity contribution >= 4 is 39.2 Å². The Morgan fingerprint density at radius 2 is 1.83 bits per heavy atom. The molecule has 0 spiro atoms. The van der Waals surface area contributed by atoms with Crippen molar-refractivity contribution in [2.45, 2.75) is 11.8 Å². The standard InChI is InChI=1S/C20H18FN3O3S2/c1-15-4-8-17(9-5-15)24(29(26,27)19-10-6-16(21)7-11-19)14-20(25)23-22-13-18-3-2-12-28-18/h2-13H,14H2,1H3,(H,23,25). The van der Waals surface area contributed by atoms with Crippen LogP contribution in [0.4, 0.5) is 10.1 Å². The number of halogens is 1. The Morgan fingerprint density at radius 1 is 1.14 bits per heavy atom. The number of thiophene rings is 1. The summed E-state index contributed by atoms with van der Waals surface area (Å²) in [7, 11) is -4.09. The van der Waals surface area contributed by atoms with Crippen molar-refractivity contribution in [1.29, 1.82) is 0 Å². The minimum Gasteiger partial charge on any atom is -0.271 e. The quantitative estimate of drug-likeness (QED) is 0.459.